The SMILES string of the molecule is CC(C)(C)c1csnc1OC(=O)N1CCNCC1. The highest BCUT2D eigenvalue weighted by molar-refractivity contribution is 7.03. The number of piperazine rings is 1. The van der Waals surface area contributed by atoms with Gasteiger partial charge in [0, 0.05) is 37.1 Å². The molecular formula is C12H19N3O2S. The van der Waals surface area contributed by atoms with Gasteiger partial charge >= 0.3 is 6.09 Å². The Kier molecular flexibility index (Phi) is 3.87. The molecule has 0 radical (unpaired) electrons. The van der Waals surface area contributed by atoms with E-state index in [-0.39, 0.29) is 11.5 Å². The van der Waals surface area contributed by atoms with E-state index in [1.807, 2.05) is 5.38 Å². The number of rotatable bonds is 1. The van der Waals surface area contributed by atoms with Crippen LogP contribution in [0.4, 0.5) is 4.79 Å². The molecule has 0 bridgehead atoms. The van der Waals surface area contributed by atoms with Crippen LogP contribution in [-0.2, 0) is 5.41 Å². The molecule has 6 heteroatoms. The van der Waals surface area contributed by atoms with E-state index < -0.39 is 0 Å². The molecule has 1 N–H and O–H groups in total. The van der Waals surface area contributed by atoms with E-state index in [4.69, 9.17) is 4.74 Å². The van der Waals surface area contributed by atoms with Gasteiger partial charge in [0.2, 0.25) is 5.88 Å². The monoisotopic (exact) mass is 269 g/mol. The van der Waals surface area contributed by atoms with Gasteiger partial charge in [-0.15, -0.1) is 0 Å². The van der Waals surface area contributed by atoms with E-state index in [0.29, 0.717) is 19.0 Å². The minimum Gasteiger partial charge on any atom is -0.390 e. The Bertz CT molecular complexity index is 419. The summed E-state index contributed by atoms with van der Waals surface area (Å²) < 4.78 is 9.58. The normalized spacial score (nSPS) is 16.7. The molecular weight excluding hydrogens is 250 g/mol. The fourth-order valence-corrected chi connectivity index (χ4v) is 2.64. The fourth-order valence-electron chi connectivity index (χ4n) is 1.79. The molecule has 1 aromatic heterocycles. The first-order valence-corrected chi connectivity index (χ1v) is 6.94. The van der Waals surface area contributed by atoms with Gasteiger partial charge in [-0.1, -0.05) is 20.8 Å². The van der Waals surface area contributed by atoms with Crippen molar-refractivity contribution < 1.29 is 9.53 Å². The van der Waals surface area contributed by atoms with E-state index in [0.717, 1.165) is 18.7 Å². The molecule has 18 heavy (non-hydrogen) atoms. The quantitative estimate of drug-likeness (QED) is 0.845. The van der Waals surface area contributed by atoms with Crippen molar-refractivity contribution in [2.75, 3.05) is 26.2 Å². The van der Waals surface area contributed by atoms with Crippen molar-refractivity contribution in [3.05, 3.63) is 10.9 Å². The van der Waals surface area contributed by atoms with Crippen LogP contribution in [0.5, 0.6) is 5.88 Å². The number of ether oxygens (including phenoxy) is 1. The molecule has 1 fully saturated rings. The molecule has 2 heterocycles. The summed E-state index contributed by atoms with van der Waals surface area (Å²) >= 11 is 1.32. The van der Waals surface area contributed by atoms with E-state index >= 15 is 0 Å². The zero-order valence-corrected chi connectivity index (χ0v) is 11.8. The van der Waals surface area contributed by atoms with Crippen LogP contribution < -0.4 is 10.1 Å². The molecule has 0 unspecified atom stereocenters. The van der Waals surface area contributed by atoms with Crippen molar-refractivity contribution >= 4 is 17.6 Å². The summed E-state index contributed by atoms with van der Waals surface area (Å²) in [5, 5.41) is 5.15. The smallest absolute Gasteiger partial charge is 0.390 e. The predicted molar refractivity (Wildman–Crippen MR) is 71.3 cm³/mol. The van der Waals surface area contributed by atoms with E-state index in [1.54, 1.807) is 4.90 Å². The molecule has 0 spiro atoms. The van der Waals surface area contributed by atoms with Crippen LogP contribution in [0.25, 0.3) is 0 Å². The number of carbonyl (C=O) groups excluding carboxylic acids is 1. The Morgan fingerprint density at radius 3 is 2.72 bits per heavy atom. The van der Waals surface area contributed by atoms with Gasteiger partial charge in [0.05, 0.1) is 0 Å². The lowest BCUT2D eigenvalue weighted by Crippen LogP contribution is -2.47. The summed E-state index contributed by atoms with van der Waals surface area (Å²) in [6, 6.07) is 0. The zero-order chi connectivity index (χ0) is 13.2. The van der Waals surface area contributed by atoms with Gasteiger partial charge in [-0.3, -0.25) is 0 Å². The Labute approximate surface area is 111 Å². The van der Waals surface area contributed by atoms with Gasteiger partial charge in [-0.2, -0.15) is 4.37 Å². The van der Waals surface area contributed by atoms with Crippen molar-refractivity contribution in [1.29, 1.82) is 0 Å². The maximum atomic E-state index is 12.0. The number of aromatic nitrogens is 1. The molecule has 1 aliphatic rings. The molecule has 5 nitrogen and oxygen atoms in total. The highest BCUT2D eigenvalue weighted by Gasteiger charge is 2.25. The zero-order valence-electron chi connectivity index (χ0n) is 11.0. The third kappa shape index (κ3) is 3.00. The molecule has 1 saturated heterocycles. The van der Waals surface area contributed by atoms with Crippen LogP contribution in [0, 0.1) is 0 Å². The molecule has 1 aromatic rings. The van der Waals surface area contributed by atoms with Crippen molar-refractivity contribution in [3.8, 4) is 5.88 Å². The minimum atomic E-state index is -0.298. The van der Waals surface area contributed by atoms with Crippen molar-refractivity contribution in [2.24, 2.45) is 0 Å². The number of hydrogen-bond donors (Lipinski definition) is 1. The highest BCUT2D eigenvalue weighted by atomic mass is 32.1. The lowest BCUT2D eigenvalue weighted by atomic mass is 9.89. The Hall–Kier alpha value is -1.14. The number of amides is 1. The van der Waals surface area contributed by atoms with E-state index in [2.05, 4.69) is 30.5 Å². The van der Waals surface area contributed by atoms with Crippen molar-refractivity contribution in [3.63, 3.8) is 0 Å². The number of hydrogen-bond acceptors (Lipinski definition) is 5. The summed E-state index contributed by atoms with van der Waals surface area (Å²) in [6.07, 6.45) is -0.298. The maximum absolute atomic E-state index is 12.0. The summed E-state index contributed by atoms with van der Waals surface area (Å²) in [5.74, 6) is 0.455. The molecule has 1 amide bonds. The molecule has 0 aliphatic carbocycles. The Morgan fingerprint density at radius 1 is 1.44 bits per heavy atom. The van der Waals surface area contributed by atoms with Crippen LogP contribution in [-0.4, -0.2) is 41.5 Å². The predicted octanol–water partition coefficient (Wildman–Crippen LogP) is 1.84. The first-order chi connectivity index (χ1) is 8.48. The summed E-state index contributed by atoms with van der Waals surface area (Å²) in [4.78, 5) is 13.7. The van der Waals surface area contributed by atoms with E-state index in [1.165, 1.54) is 11.5 Å². The fraction of sp³-hybridized carbons (Fsp3) is 0.667. The van der Waals surface area contributed by atoms with Gasteiger partial charge in [-0.05, 0) is 16.9 Å². The van der Waals surface area contributed by atoms with Gasteiger partial charge < -0.3 is 15.0 Å². The van der Waals surface area contributed by atoms with Gasteiger partial charge in [0.25, 0.3) is 0 Å². The van der Waals surface area contributed by atoms with Crippen LogP contribution >= 0.6 is 11.5 Å². The number of carbonyl (C=O) groups is 1. The summed E-state index contributed by atoms with van der Waals surface area (Å²) in [5.41, 5.74) is 0.919. The molecule has 0 atom stereocenters. The lowest BCUT2D eigenvalue weighted by Gasteiger charge is -2.26. The first kappa shape index (κ1) is 13.3. The summed E-state index contributed by atoms with van der Waals surface area (Å²) in [7, 11) is 0. The topological polar surface area (TPSA) is 54.5 Å². The summed E-state index contributed by atoms with van der Waals surface area (Å²) in [6.45, 7) is 9.26. The second-order valence-electron chi connectivity index (χ2n) is 5.39. The van der Waals surface area contributed by atoms with Gasteiger partial charge in [0.1, 0.15) is 0 Å². The average Bonchev–Trinajstić information content (AvgIpc) is 2.78. The molecule has 2 rings (SSSR count). The highest BCUT2D eigenvalue weighted by Crippen LogP contribution is 2.32. The second kappa shape index (κ2) is 5.24. The maximum Gasteiger partial charge on any atom is 0.416 e. The number of nitrogens with zero attached hydrogens (tertiary/aromatic N) is 2. The van der Waals surface area contributed by atoms with Crippen LogP contribution in [0.15, 0.2) is 5.38 Å². The van der Waals surface area contributed by atoms with Gasteiger partial charge in [-0.25, -0.2) is 4.79 Å². The van der Waals surface area contributed by atoms with Crippen LogP contribution in [0.1, 0.15) is 26.3 Å². The first-order valence-electron chi connectivity index (χ1n) is 6.11. The van der Waals surface area contributed by atoms with Crippen LogP contribution in [0.3, 0.4) is 0 Å². The number of nitrogens with one attached hydrogen (secondary N) is 1. The van der Waals surface area contributed by atoms with Crippen LogP contribution in [0.2, 0.25) is 0 Å². The standard InChI is InChI=1S/C12H19N3O2S/c1-12(2,3)9-8-18-14-10(9)17-11(16)15-6-4-13-5-7-15/h8,13H,4-7H2,1-3H3. The third-order valence-corrected chi connectivity index (χ3v) is 3.52. The van der Waals surface area contributed by atoms with Gasteiger partial charge in [0.15, 0.2) is 0 Å². The largest absolute Gasteiger partial charge is 0.416 e. The second-order valence-corrected chi connectivity index (χ2v) is 6.02. The molecule has 0 saturated carbocycles. The minimum absolute atomic E-state index is 0.0634. The molecule has 1 aliphatic heterocycles. The van der Waals surface area contributed by atoms with E-state index in [9.17, 15) is 4.79 Å². The molecule has 0 aromatic carbocycles. The average molecular weight is 269 g/mol. The lowest BCUT2D eigenvalue weighted by molar-refractivity contribution is 0.143. The van der Waals surface area contributed by atoms with Crippen molar-refractivity contribution in [1.82, 2.24) is 14.6 Å². The third-order valence-electron chi connectivity index (χ3n) is 2.90. The van der Waals surface area contributed by atoms with Crippen molar-refractivity contribution in [2.45, 2.75) is 26.2 Å². The Balaban J connectivity index is 2.05. The molecule has 100 valence electrons. The Morgan fingerprint density at radius 2 is 2.11 bits per heavy atom.